The standard InChI is InChI=1S/C11H19N3OS/c1-5-10-13-9(7-16-10)8(2)12-6-11(15)14(3)4/h7-8,12H,5-6H2,1-4H3/t8-/m1/s1. The topological polar surface area (TPSA) is 45.2 Å². The Morgan fingerprint density at radius 3 is 2.81 bits per heavy atom. The van der Waals surface area contributed by atoms with Gasteiger partial charge in [0.15, 0.2) is 0 Å². The number of aromatic nitrogens is 1. The molecular weight excluding hydrogens is 222 g/mol. The van der Waals surface area contributed by atoms with Gasteiger partial charge in [-0.2, -0.15) is 0 Å². The molecule has 0 aliphatic heterocycles. The van der Waals surface area contributed by atoms with E-state index < -0.39 is 0 Å². The van der Waals surface area contributed by atoms with E-state index in [9.17, 15) is 4.79 Å². The van der Waals surface area contributed by atoms with Crippen LogP contribution in [0.2, 0.25) is 0 Å². The van der Waals surface area contributed by atoms with Crippen molar-refractivity contribution < 1.29 is 4.79 Å². The van der Waals surface area contributed by atoms with Gasteiger partial charge in [-0.3, -0.25) is 4.79 Å². The first-order valence-corrected chi connectivity index (χ1v) is 6.30. The molecule has 0 saturated heterocycles. The minimum Gasteiger partial charge on any atom is -0.348 e. The van der Waals surface area contributed by atoms with E-state index in [0.717, 1.165) is 17.1 Å². The molecule has 1 aromatic rings. The number of hydrogen-bond donors (Lipinski definition) is 1. The fourth-order valence-corrected chi connectivity index (χ4v) is 2.03. The molecule has 0 aliphatic rings. The second-order valence-electron chi connectivity index (χ2n) is 3.91. The van der Waals surface area contributed by atoms with Crippen molar-refractivity contribution in [3.63, 3.8) is 0 Å². The molecule has 0 spiro atoms. The molecule has 5 heteroatoms. The summed E-state index contributed by atoms with van der Waals surface area (Å²) in [5.41, 5.74) is 1.02. The Balaban J connectivity index is 2.46. The van der Waals surface area contributed by atoms with E-state index in [1.807, 2.05) is 6.92 Å². The molecule has 0 unspecified atom stereocenters. The van der Waals surface area contributed by atoms with Crippen molar-refractivity contribution in [2.75, 3.05) is 20.6 Å². The predicted molar refractivity (Wildman–Crippen MR) is 66.6 cm³/mol. The smallest absolute Gasteiger partial charge is 0.236 e. The van der Waals surface area contributed by atoms with Crippen molar-refractivity contribution in [3.05, 3.63) is 16.1 Å². The average Bonchev–Trinajstić information content (AvgIpc) is 2.73. The number of likely N-dealkylation sites (N-methyl/N-ethyl adjacent to an activating group) is 1. The third-order valence-electron chi connectivity index (χ3n) is 2.37. The molecule has 1 rings (SSSR count). The Hall–Kier alpha value is -0.940. The summed E-state index contributed by atoms with van der Waals surface area (Å²) in [7, 11) is 3.51. The van der Waals surface area contributed by atoms with Gasteiger partial charge in [0.1, 0.15) is 0 Å². The summed E-state index contributed by atoms with van der Waals surface area (Å²) in [4.78, 5) is 17.4. The number of aryl methyl sites for hydroxylation is 1. The molecule has 1 N–H and O–H groups in total. The predicted octanol–water partition coefficient (Wildman–Crippen LogP) is 1.44. The fourth-order valence-electron chi connectivity index (χ4n) is 1.19. The van der Waals surface area contributed by atoms with Crippen molar-refractivity contribution in [1.29, 1.82) is 0 Å². The molecule has 0 bridgehead atoms. The van der Waals surface area contributed by atoms with Gasteiger partial charge in [-0.1, -0.05) is 6.92 Å². The lowest BCUT2D eigenvalue weighted by Crippen LogP contribution is -2.34. The number of amides is 1. The Bertz CT molecular complexity index is 349. The van der Waals surface area contributed by atoms with Gasteiger partial charge in [-0.15, -0.1) is 11.3 Å². The molecule has 0 fully saturated rings. The maximum absolute atomic E-state index is 11.4. The summed E-state index contributed by atoms with van der Waals surface area (Å²) in [6.07, 6.45) is 0.966. The van der Waals surface area contributed by atoms with Crippen LogP contribution in [0.1, 0.15) is 30.6 Å². The molecule has 4 nitrogen and oxygen atoms in total. The zero-order valence-corrected chi connectivity index (χ0v) is 11.1. The molecule has 90 valence electrons. The Morgan fingerprint density at radius 2 is 2.31 bits per heavy atom. The second kappa shape index (κ2) is 5.96. The maximum atomic E-state index is 11.4. The first-order valence-electron chi connectivity index (χ1n) is 5.42. The van der Waals surface area contributed by atoms with E-state index in [1.54, 1.807) is 30.3 Å². The first-order chi connectivity index (χ1) is 7.54. The number of rotatable bonds is 5. The van der Waals surface area contributed by atoms with Crippen molar-refractivity contribution in [2.24, 2.45) is 0 Å². The van der Waals surface area contributed by atoms with E-state index in [-0.39, 0.29) is 11.9 Å². The van der Waals surface area contributed by atoms with E-state index in [4.69, 9.17) is 0 Å². The minimum atomic E-state index is 0.0813. The van der Waals surface area contributed by atoms with E-state index in [2.05, 4.69) is 22.6 Å². The molecule has 0 aliphatic carbocycles. The van der Waals surface area contributed by atoms with Gasteiger partial charge < -0.3 is 10.2 Å². The van der Waals surface area contributed by atoms with Gasteiger partial charge in [-0.25, -0.2) is 4.98 Å². The summed E-state index contributed by atoms with van der Waals surface area (Å²) < 4.78 is 0. The van der Waals surface area contributed by atoms with Crippen molar-refractivity contribution >= 4 is 17.2 Å². The maximum Gasteiger partial charge on any atom is 0.236 e. The summed E-state index contributed by atoms with van der Waals surface area (Å²) in [5, 5.41) is 6.36. The van der Waals surface area contributed by atoms with Crippen LogP contribution in [0.5, 0.6) is 0 Å². The van der Waals surface area contributed by atoms with Gasteiger partial charge in [0.05, 0.1) is 17.2 Å². The highest BCUT2D eigenvalue weighted by Crippen LogP contribution is 2.16. The van der Waals surface area contributed by atoms with Gasteiger partial charge >= 0.3 is 0 Å². The number of carbonyl (C=O) groups is 1. The van der Waals surface area contributed by atoms with Crippen LogP contribution < -0.4 is 5.32 Å². The normalized spacial score (nSPS) is 12.5. The lowest BCUT2D eigenvalue weighted by molar-refractivity contribution is -0.127. The van der Waals surface area contributed by atoms with Crippen LogP contribution >= 0.6 is 11.3 Å². The Labute approximate surface area is 101 Å². The number of nitrogens with one attached hydrogen (secondary N) is 1. The highest BCUT2D eigenvalue weighted by atomic mass is 32.1. The zero-order chi connectivity index (χ0) is 12.1. The van der Waals surface area contributed by atoms with Crippen LogP contribution in [0, 0.1) is 0 Å². The third kappa shape index (κ3) is 3.57. The minimum absolute atomic E-state index is 0.0813. The van der Waals surface area contributed by atoms with Crippen LogP contribution in [0.25, 0.3) is 0 Å². The van der Waals surface area contributed by atoms with Gasteiger partial charge in [-0.05, 0) is 13.3 Å². The van der Waals surface area contributed by atoms with E-state index in [1.165, 1.54) is 0 Å². The van der Waals surface area contributed by atoms with Crippen LogP contribution in [0.3, 0.4) is 0 Å². The molecule has 0 radical (unpaired) electrons. The van der Waals surface area contributed by atoms with E-state index >= 15 is 0 Å². The Morgan fingerprint density at radius 1 is 1.62 bits per heavy atom. The van der Waals surface area contributed by atoms with Gasteiger partial charge in [0.2, 0.25) is 5.91 Å². The molecule has 0 aromatic carbocycles. The summed E-state index contributed by atoms with van der Waals surface area (Å²) in [5.74, 6) is 0.0813. The second-order valence-corrected chi connectivity index (χ2v) is 4.85. The zero-order valence-electron chi connectivity index (χ0n) is 10.3. The van der Waals surface area contributed by atoms with Gasteiger partial charge in [0.25, 0.3) is 0 Å². The van der Waals surface area contributed by atoms with Gasteiger partial charge in [0, 0.05) is 25.5 Å². The van der Waals surface area contributed by atoms with E-state index in [0.29, 0.717) is 6.54 Å². The number of thiazole rings is 1. The molecule has 16 heavy (non-hydrogen) atoms. The SMILES string of the molecule is CCc1nc([C@@H](C)NCC(=O)N(C)C)cs1. The summed E-state index contributed by atoms with van der Waals surface area (Å²) >= 11 is 1.67. The van der Waals surface area contributed by atoms with Crippen molar-refractivity contribution in [3.8, 4) is 0 Å². The van der Waals surface area contributed by atoms with Crippen LogP contribution in [0.4, 0.5) is 0 Å². The molecule has 1 aromatic heterocycles. The fraction of sp³-hybridized carbons (Fsp3) is 0.636. The van der Waals surface area contributed by atoms with Crippen molar-refractivity contribution in [2.45, 2.75) is 26.3 Å². The largest absolute Gasteiger partial charge is 0.348 e. The lowest BCUT2D eigenvalue weighted by Gasteiger charge is -2.14. The number of hydrogen-bond acceptors (Lipinski definition) is 4. The molecule has 1 heterocycles. The molecule has 1 atom stereocenters. The number of carbonyl (C=O) groups excluding carboxylic acids is 1. The summed E-state index contributed by atoms with van der Waals surface area (Å²) in [6, 6.07) is 0.125. The summed E-state index contributed by atoms with van der Waals surface area (Å²) in [6.45, 7) is 4.47. The third-order valence-corrected chi connectivity index (χ3v) is 3.39. The Kier molecular flexibility index (Phi) is 4.89. The monoisotopic (exact) mass is 241 g/mol. The molecule has 1 amide bonds. The highest BCUT2D eigenvalue weighted by molar-refractivity contribution is 7.09. The van der Waals surface area contributed by atoms with Crippen LogP contribution in [-0.2, 0) is 11.2 Å². The van der Waals surface area contributed by atoms with Crippen molar-refractivity contribution in [1.82, 2.24) is 15.2 Å². The average molecular weight is 241 g/mol. The molecule has 0 saturated carbocycles. The number of nitrogens with zero attached hydrogens (tertiary/aromatic N) is 2. The first kappa shape index (κ1) is 13.1. The quantitative estimate of drug-likeness (QED) is 0.848. The lowest BCUT2D eigenvalue weighted by atomic mass is 10.2. The molecular formula is C11H19N3OS. The van der Waals surface area contributed by atoms with Crippen LogP contribution in [0.15, 0.2) is 5.38 Å². The van der Waals surface area contributed by atoms with Crippen LogP contribution in [-0.4, -0.2) is 36.4 Å². The highest BCUT2D eigenvalue weighted by Gasteiger charge is 2.11.